The lowest BCUT2D eigenvalue weighted by Gasteiger charge is -2.48. The van der Waals surface area contributed by atoms with Crippen LogP contribution in [0, 0.1) is 0 Å². The molecular weight excluding hydrogens is 312 g/mol. The Kier molecular flexibility index (Phi) is 7.14. The van der Waals surface area contributed by atoms with Crippen LogP contribution in [0.3, 0.4) is 0 Å². The number of nitrogens with zero attached hydrogens (tertiary/aromatic N) is 1. The monoisotopic (exact) mass is 346 g/mol. The zero-order valence-corrected chi connectivity index (χ0v) is 15.5. The predicted molar refractivity (Wildman–Crippen MR) is 102 cm³/mol. The molecule has 0 spiro atoms. The molecule has 0 aromatic heterocycles. The Labute approximate surface area is 152 Å². The highest BCUT2D eigenvalue weighted by Crippen LogP contribution is 2.35. The summed E-state index contributed by atoms with van der Waals surface area (Å²) in [6.45, 7) is 4.44. The molecule has 1 atom stereocenters. The molecule has 1 aromatic carbocycles. The van der Waals surface area contributed by atoms with Gasteiger partial charge in [-0.1, -0.05) is 43.9 Å². The second kappa shape index (κ2) is 9.56. The molecule has 1 saturated carbocycles. The van der Waals surface area contributed by atoms with Crippen molar-refractivity contribution >= 4 is 0 Å². The highest BCUT2D eigenvalue weighted by molar-refractivity contribution is 5.20. The van der Waals surface area contributed by atoms with Crippen molar-refractivity contribution in [2.75, 3.05) is 32.8 Å². The molecule has 1 aromatic rings. The quantitative estimate of drug-likeness (QED) is 0.759. The Morgan fingerprint density at radius 3 is 2.40 bits per heavy atom. The number of para-hydroxylation sites is 1. The fraction of sp³-hybridized carbons (Fsp3) is 0.714. The predicted octanol–water partition coefficient (Wildman–Crippen LogP) is 3.20. The summed E-state index contributed by atoms with van der Waals surface area (Å²) >= 11 is 0. The van der Waals surface area contributed by atoms with Crippen molar-refractivity contribution in [3.63, 3.8) is 0 Å². The maximum atomic E-state index is 10.2. The van der Waals surface area contributed by atoms with Crippen LogP contribution in [0.15, 0.2) is 30.3 Å². The van der Waals surface area contributed by atoms with Gasteiger partial charge in [-0.25, -0.2) is 0 Å². The van der Waals surface area contributed by atoms with E-state index < -0.39 is 6.10 Å². The first kappa shape index (κ1) is 18.7. The third kappa shape index (κ3) is 5.44. The number of aliphatic hydroxyl groups is 1. The number of benzene rings is 1. The number of likely N-dealkylation sites (tertiary alicyclic amines) is 1. The average molecular weight is 347 g/mol. The Hall–Kier alpha value is -1.10. The standard InChI is InChI=1S/C21H34N2O2/c24-19(17-25-20-10-4-1-5-11-20)16-22-18-21(12-6-2-7-13-21)23-14-8-3-9-15-23/h1,4-5,10-11,19,22,24H,2-3,6-9,12-18H2. The van der Waals surface area contributed by atoms with E-state index in [1.165, 1.54) is 64.5 Å². The second-order valence-corrected chi connectivity index (χ2v) is 7.74. The molecule has 1 unspecified atom stereocenters. The first-order valence-electron chi connectivity index (χ1n) is 10.1. The average Bonchev–Trinajstić information content (AvgIpc) is 2.69. The van der Waals surface area contributed by atoms with Crippen LogP contribution in [-0.4, -0.2) is 54.4 Å². The molecule has 1 aliphatic heterocycles. The minimum absolute atomic E-state index is 0.318. The van der Waals surface area contributed by atoms with Gasteiger partial charge in [-0.3, -0.25) is 4.90 Å². The minimum Gasteiger partial charge on any atom is -0.491 e. The van der Waals surface area contributed by atoms with Crippen LogP contribution in [0.4, 0.5) is 0 Å². The van der Waals surface area contributed by atoms with Crippen molar-refractivity contribution in [2.24, 2.45) is 0 Å². The van der Waals surface area contributed by atoms with E-state index in [-0.39, 0.29) is 0 Å². The van der Waals surface area contributed by atoms with Gasteiger partial charge in [0.05, 0.1) is 0 Å². The summed E-state index contributed by atoms with van der Waals surface area (Å²) in [5.74, 6) is 0.818. The molecule has 1 aliphatic carbocycles. The SMILES string of the molecule is OC(CNCC1(N2CCCCC2)CCCCC1)COc1ccccc1. The zero-order chi connectivity index (χ0) is 17.4. The lowest BCUT2D eigenvalue weighted by Crippen LogP contribution is -2.58. The molecule has 3 rings (SSSR count). The van der Waals surface area contributed by atoms with E-state index in [1.54, 1.807) is 0 Å². The van der Waals surface area contributed by atoms with E-state index in [4.69, 9.17) is 4.74 Å². The first-order chi connectivity index (χ1) is 12.3. The minimum atomic E-state index is -0.470. The van der Waals surface area contributed by atoms with Gasteiger partial charge in [0, 0.05) is 18.6 Å². The summed E-state index contributed by atoms with van der Waals surface area (Å²) in [4.78, 5) is 2.75. The summed E-state index contributed by atoms with van der Waals surface area (Å²) in [5, 5.41) is 13.8. The molecule has 2 fully saturated rings. The van der Waals surface area contributed by atoms with Crippen molar-refractivity contribution in [3.8, 4) is 5.75 Å². The fourth-order valence-corrected chi connectivity index (χ4v) is 4.42. The van der Waals surface area contributed by atoms with Crippen molar-refractivity contribution in [1.82, 2.24) is 10.2 Å². The highest BCUT2D eigenvalue weighted by Gasteiger charge is 2.37. The van der Waals surface area contributed by atoms with Crippen LogP contribution >= 0.6 is 0 Å². The molecule has 0 radical (unpaired) electrons. The summed E-state index contributed by atoms with van der Waals surface area (Å²) in [6, 6.07) is 9.72. The zero-order valence-electron chi connectivity index (χ0n) is 15.5. The summed E-state index contributed by atoms with van der Waals surface area (Å²) < 4.78 is 5.65. The molecule has 1 heterocycles. The van der Waals surface area contributed by atoms with Crippen LogP contribution in [0.5, 0.6) is 5.75 Å². The topological polar surface area (TPSA) is 44.7 Å². The van der Waals surface area contributed by atoms with Gasteiger partial charge < -0.3 is 15.2 Å². The second-order valence-electron chi connectivity index (χ2n) is 7.74. The van der Waals surface area contributed by atoms with Crippen LogP contribution < -0.4 is 10.1 Å². The number of piperidine rings is 1. The molecule has 4 nitrogen and oxygen atoms in total. The van der Waals surface area contributed by atoms with Crippen LogP contribution in [0.2, 0.25) is 0 Å². The van der Waals surface area contributed by atoms with Crippen molar-refractivity contribution in [3.05, 3.63) is 30.3 Å². The normalized spacial score (nSPS) is 22.4. The van der Waals surface area contributed by atoms with Crippen LogP contribution in [0.25, 0.3) is 0 Å². The molecule has 0 bridgehead atoms. The molecule has 2 aliphatic rings. The molecular formula is C21H34N2O2. The number of hydrogen-bond donors (Lipinski definition) is 2. The lowest BCUT2D eigenvalue weighted by atomic mass is 9.79. The Morgan fingerprint density at radius 1 is 1.00 bits per heavy atom. The van der Waals surface area contributed by atoms with Gasteiger partial charge in [-0.15, -0.1) is 0 Å². The molecule has 140 valence electrons. The molecule has 2 N–H and O–H groups in total. The highest BCUT2D eigenvalue weighted by atomic mass is 16.5. The Morgan fingerprint density at radius 2 is 1.68 bits per heavy atom. The van der Waals surface area contributed by atoms with Crippen LogP contribution in [-0.2, 0) is 0 Å². The maximum absolute atomic E-state index is 10.2. The van der Waals surface area contributed by atoms with E-state index in [0.29, 0.717) is 18.7 Å². The van der Waals surface area contributed by atoms with Gasteiger partial charge in [0.1, 0.15) is 18.5 Å². The smallest absolute Gasteiger partial charge is 0.119 e. The van der Waals surface area contributed by atoms with Gasteiger partial charge in [-0.05, 0) is 50.9 Å². The maximum Gasteiger partial charge on any atom is 0.119 e. The van der Waals surface area contributed by atoms with E-state index >= 15 is 0 Å². The number of aliphatic hydroxyl groups excluding tert-OH is 1. The van der Waals surface area contributed by atoms with Crippen molar-refractivity contribution in [1.29, 1.82) is 0 Å². The van der Waals surface area contributed by atoms with Crippen LogP contribution in [0.1, 0.15) is 51.4 Å². The van der Waals surface area contributed by atoms with Gasteiger partial charge >= 0.3 is 0 Å². The third-order valence-corrected chi connectivity index (χ3v) is 5.83. The largest absolute Gasteiger partial charge is 0.491 e. The number of hydrogen-bond acceptors (Lipinski definition) is 4. The van der Waals surface area contributed by atoms with Gasteiger partial charge in [0.25, 0.3) is 0 Å². The van der Waals surface area contributed by atoms with Crippen molar-refractivity contribution in [2.45, 2.75) is 63.0 Å². The molecule has 1 saturated heterocycles. The molecule has 0 amide bonds. The first-order valence-corrected chi connectivity index (χ1v) is 10.1. The van der Waals surface area contributed by atoms with Gasteiger partial charge in [0.2, 0.25) is 0 Å². The van der Waals surface area contributed by atoms with Gasteiger partial charge in [-0.2, -0.15) is 0 Å². The third-order valence-electron chi connectivity index (χ3n) is 5.83. The fourth-order valence-electron chi connectivity index (χ4n) is 4.42. The summed E-state index contributed by atoms with van der Waals surface area (Å²) in [6.07, 6.45) is 10.3. The number of nitrogens with one attached hydrogen (secondary N) is 1. The van der Waals surface area contributed by atoms with E-state index in [2.05, 4.69) is 10.2 Å². The van der Waals surface area contributed by atoms with Gasteiger partial charge in [0.15, 0.2) is 0 Å². The Bertz CT molecular complexity index is 482. The van der Waals surface area contributed by atoms with E-state index in [1.807, 2.05) is 30.3 Å². The van der Waals surface area contributed by atoms with Crippen molar-refractivity contribution < 1.29 is 9.84 Å². The Balaban J connectivity index is 1.44. The molecule has 4 heteroatoms. The molecule has 25 heavy (non-hydrogen) atoms. The summed E-state index contributed by atoms with van der Waals surface area (Å²) in [7, 11) is 0. The number of ether oxygens (including phenoxy) is 1. The lowest BCUT2D eigenvalue weighted by molar-refractivity contribution is 0.0289. The number of rotatable bonds is 8. The van der Waals surface area contributed by atoms with E-state index in [0.717, 1.165) is 12.3 Å². The summed E-state index contributed by atoms with van der Waals surface area (Å²) in [5.41, 5.74) is 0.318. The van der Waals surface area contributed by atoms with E-state index in [9.17, 15) is 5.11 Å².